The molecule has 0 radical (unpaired) electrons. The molecule has 0 atom stereocenters. The van der Waals surface area contributed by atoms with Gasteiger partial charge < -0.3 is 0 Å². The SMILES string of the molecule is O=C(Cc1ccncc1)c1cccc(CF)c1. The molecule has 0 saturated heterocycles. The maximum Gasteiger partial charge on any atom is 0.167 e. The lowest BCUT2D eigenvalue weighted by molar-refractivity contribution is 0.0993. The number of hydrogen-bond acceptors (Lipinski definition) is 2. The third-order valence-corrected chi connectivity index (χ3v) is 2.52. The van der Waals surface area contributed by atoms with E-state index in [1.165, 1.54) is 0 Å². The van der Waals surface area contributed by atoms with Gasteiger partial charge in [0, 0.05) is 24.4 Å². The van der Waals surface area contributed by atoms with E-state index in [9.17, 15) is 9.18 Å². The summed E-state index contributed by atoms with van der Waals surface area (Å²) in [6.07, 6.45) is 3.62. The van der Waals surface area contributed by atoms with Gasteiger partial charge in [-0.2, -0.15) is 0 Å². The molecule has 1 aromatic carbocycles. The van der Waals surface area contributed by atoms with Crippen LogP contribution in [0.3, 0.4) is 0 Å². The van der Waals surface area contributed by atoms with Gasteiger partial charge in [0.1, 0.15) is 6.67 Å². The Labute approximate surface area is 99.1 Å². The number of hydrogen-bond donors (Lipinski definition) is 0. The number of ketones is 1. The molecule has 0 saturated carbocycles. The van der Waals surface area contributed by atoms with Crippen molar-refractivity contribution < 1.29 is 9.18 Å². The zero-order chi connectivity index (χ0) is 12.1. The lowest BCUT2D eigenvalue weighted by Crippen LogP contribution is -2.03. The minimum absolute atomic E-state index is 0.00787. The van der Waals surface area contributed by atoms with Crippen LogP contribution < -0.4 is 0 Å². The van der Waals surface area contributed by atoms with E-state index in [1.54, 1.807) is 48.8 Å². The number of carbonyl (C=O) groups is 1. The first-order chi connectivity index (χ1) is 8.29. The van der Waals surface area contributed by atoms with Crippen LogP contribution in [-0.4, -0.2) is 10.8 Å². The van der Waals surface area contributed by atoms with E-state index in [0.717, 1.165) is 5.56 Å². The fourth-order valence-electron chi connectivity index (χ4n) is 1.62. The Morgan fingerprint density at radius 2 is 1.88 bits per heavy atom. The fraction of sp³-hybridized carbons (Fsp3) is 0.143. The maximum absolute atomic E-state index is 12.5. The van der Waals surface area contributed by atoms with Crippen LogP contribution in [0.4, 0.5) is 4.39 Å². The van der Waals surface area contributed by atoms with Crippen LogP contribution in [0, 0.1) is 0 Å². The molecule has 2 nitrogen and oxygen atoms in total. The van der Waals surface area contributed by atoms with Gasteiger partial charge in [0.05, 0.1) is 0 Å². The van der Waals surface area contributed by atoms with Crippen molar-refractivity contribution in [3.8, 4) is 0 Å². The summed E-state index contributed by atoms with van der Waals surface area (Å²) < 4.78 is 12.5. The molecular formula is C14H12FNO. The van der Waals surface area contributed by atoms with Gasteiger partial charge in [-0.25, -0.2) is 4.39 Å². The standard InChI is InChI=1S/C14H12FNO/c15-10-12-2-1-3-13(8-12)14(17)9-11-4-6-16-7-5-11/h1-8H,9-10H2. The Bertz CT molecular complexity index is 511. The van der Waals surface area contributed by atoms with Gasteiger partial charge >= 0.3 is 0 Å². The molecule has 0 amide bonds. The van der Waals surface area contributed by atoms with Gasteiger partial charge in [0.15, 0.2) is 5.78 Å². The molecule has 1 aromatic heterocycles. The number of halogens is 1. The van der Waals surface area contributed by atoms with Crippen molar-refractivity contribution in [1.29, 1.82) is 0 Å². The smallest absolute Gasteiger partial charge is 0.167 e. The van der Waals surface area contributed by atoms with Crippen molar-refractivity contribution in [2.45, 2.75) is 13.1 Å². The van der Waals surface area contributed by atoms with Crippen LogP contribution >= 0.6 is 0 Å². The first-order valence-corrected chi connectivity index (χ1v) is 5.36. The fourth-order valence-corrected chi connectivity index (χ4v) is 1.62. The molecule has 86 valence electrons. The number of nitrogens with zero attached hydrogens (tertiary/aromatic N) is 1. The van der Waals surface area contributed by atoms with Crippen LogP contribution in [-0.2, 0) is 13.1 Å². The summed E-state index contributed by atoms with van der Waals surface area (Å²) in [4.78, 5) is 15.8. The normalized spacial score (nSPS) is 10.2. The topological polar surface area (TPSA) is 30.0 Å². The molecule has 3 heteroatoms. The summed E-state index contributed by atoms with van der Waals surface area (Å²) in [5.74, 6) is -0.00787. The first-order valence-electron chi connectivity index (χ1n) is 5.36. The zero-order valence-electron chi connectivity index (χ0n) is 9.27. The summed E-state index contributed by atoms with van der Waals surface area (Å²) in [6.45, 7) is -0.545. The Morgan fingerprint density at radius 3 is 2.59 bits per heavy atom. The van der Waals surface area contributed by atoms with Gasteiger partial charge in [0.2, 0.25) is 0 Å². The quantitative estimate of drug-likeness (QED) is 0.754. The number of rotatable bonds is 4. The lowest BCUT2D eigenvalue weighted by atomic mass is 10.0. The molecule has 0 bridgehead atoms. The van der Waals surface area contributed by atoms with Gasteiger partial charge in [0.25, 0.3) is 0 Å². The van der Waals surface area contributed by atoms with Crippen LogP contribution in [0.1, 0.15) is 21.5 Å². The zero-order valence-corrected chi connectivity index (χ0v) is 9.27. The number of benzene rings is 1. The van der Waals surface area contributed by atoms with Crippen molar-refractivity contribution in [3.05, 3.63) is 65.5 Å². The molecule has 0 spiro atoms. The van der Waals surface area contributed by atoms with Crippen molar-refractivity contribution in [1.82, 2.24) is 4.98 Å². The maximum atomic E-state index is 12.5. The number of alkyl halides is 1. The largest absolute Gasteiger partial charge is 0.294 e. The predicted octanol–water partition coefficient (Wildman–Crippen LogP) is 2.98. The van der Waals surface area contributed by atoms with Crippen molar-refractivity contribution >= 4 is 5.78 Å². The van der Waals surface area contributed by atoms with E-state index in [4.69, 9.17) is 0 Å². The average molecular weight is 229 g/mol. The number of pyridine rings is 1. The second kappa shape index (κ2) is 5.34. The van der Waals surface area contributed by atoms with Gasteiger partial charge in [-0.3, -0.25) is 9.78 Å². The molecule has 0 aliphatic heterocycles. The van der Waals surface area contributed by atoms with Gasteiger partial charge in [-0.1, -0.05) is 18.2 Å². The Morgan fingerprint density at radius 1 is 1.12 bits per heavy atom. The monoisotopic (exact) mass is 229 g/mol. The molecule has 0 N–H and O–H groups in total. The van der Waals surface area contributed by atoms with E-state index in [1.807, 2.05) is 0 Å². The number of carbonyl (C=O) groups excluding carboxylic acids is 1. The highest BCUT2D eigenvalue weighted by atomic mass is 19.1. The van der Waals surface area contributed by atoms with Gasteiger partial charge in [-0.05, 0) is 29.3 Å². The lowest BCUT2D eigenvalue weighted by Gasteiger charge is -2.02. The Hall–Kier alpha value is -2.03. The molecule has 2 aromatic rings. The highest BCUT2D eigenvalue weighted by Gasteiger charge is 2.07. The van der Waals surface area contributed by atoms with E-state index >= 15 is 0 Å². The van der Waals surface area contributed by atoms with Crippen LogP contribution in [0.5, 0.6) is 0 Å². The Kier molecular flexibility index (Phi) is 3.60. The van der Waals surface area contributed by atoms with Crippen LogP contribution in [0.15, 0.2) is 48.8 Å². The molecule has 0 aliphatic carbocycles. The molecule has 0 fully saturated rings. The summed E-state index contributed by atoms with van der Waals surface area (Å²) >= 11 is 0. The highest BCUT2D eigenvalue weighted by molar-refractivity contribution is 5.97. The van der Waals surface area contributed by atoms with E-state index in [0.29, 0.717) is 17.5 Å². The van der Waals surface area contributed by atoms with E-state index in [2.05, 4.69) is 4.98 Å². The third kappa shape index (κ3) is 2.97. The first kappa shape index (κ1) is 11.5. The van der Waals surface area contributed by atoms with Crippen molar-refractivity contribution in [2.75, 3.05) is 0 Å². The highest BCUT2D eigenvalue weighted by Crippen LogP contribution is 2.10. The van der Waals surface area contributed by atoms with E-state index in [-0.39, 0.29) is 5.78 Å². The van der Waals surface area contributed by atoms with E-state index < -0.39 is 6.67 Å². The minimum atomic E-state index is -0.545. The summed E-state index contributed by atoms with van der Waals surface area (Å²) in [5, 5.41) is 0. The summed E-state index contributed by atoms with van der Waals surface area (Å²) in [5.41, 5.74) is 2.00. The van der Waals surface area contributed by atoms with Crippen molar-refractivity contribution in [2.24, 2.45) is 0 Å². The molecule has 2 rings (SSSR count). The molecule has 0 aliphatic rings. The second-order valence-electron chi connectivity index (χ2n) is 3.79. The van der Waals surface area contributed by atoms with Crippen LogP contribution in [0.2, 0.25) is 0 Å². The third-order valence-electron chi connectivity index (χ3n) is 2.52. The number of Topliss-reactive ketones (excluding diaryl/α,β-unsaturated/α-hetero) is 1. The predicted molar refractivity (Wildman–Crippen MR) is 63.5 cm³/mol. The summed E-state index contributed by atoms with van der Waals surface area (Å²) in [6, 6.07) is 10.3. The summed E-state index contributed by atoms with van der Waals surface area (Å²) in [7, 11) is 0. The molecular weight excluding hydrogens is 217 g/mol. The average Bonchev–Trinajstić information content (AvgIpc) is 2.40. The number of aromatic nitrogens is 1. The Balaban J connectivity index is 2.14. The molecule has 1 heterocycles. The van der Waals surface area contributed by atoms with Crippen molar-refractivity contribution in [3.63, 3.8) is 0 Å². The molecule has 17 heavy (non-hydrogen) atoms. The van der Waals surface area contributed by atoms with Crippen LogP contribution in [0.25, 0.3) is 0 Å². The minimum Gasteiger partial charge on any atom is -0.294 e. The van der Waals surface area contributed by atoms with Gasteiger partial charge in [-0.15, -0.1) is 0 Å². The second-order valence-corrected chi connectivity index (χ2v) is 3.79. The molecule has 0 unspecified atom stereocenters.